The molecule has 0 atom stereocenters. The third-order valence-corrected chi connectivity index (χ3v) is 5.27. The average Bonchev–Trinajstić information content (AvgIpc) is 2.76. The van der Waals surface area contributed by atoms with Crippen molar-refractivity contribution in [2.24, 2.45) is 0 Å². The summed E-state index contributed by atoms with van der Waals surface area (Å²) in [5.74, 6) is -0.573. The molecular weight excluding hydrogens is 385 g/mol. The zero-order chi connectivity index (χ0) is 21.5. The fourth-order valence-electron chi connectivity index (χ4n) is 3.50. The highest BCUT2D eigenvalue weighted by Crippen LogP contribution is 2.22. The summed E-state index contributed by atoms with van der Waals surface area (Å²) in [6.07, 6.45) is 0. The highest BCUT2D eigenvalue weighted by atomic mass is 19.1. The van der Waals surface area contributed by atoms with Gasteiger partial charge in [-0.25, -0.2) is 9.18 Å². The molecule has 0 saturated carbocycles. The van der Waals surface area contributed by atoms with Gasteiger partial charge in [0, 0.05) is 44.9 Å². The van der Waals surface area contributed by atoms with Crippen LogP contribution in [0.15, 0.2) is 42.5 Å². The topological polar surface area (TPSA) is 61.9 Å². The van der Waals surface area contributed by atoms with Gasteiger partial charge in [-0.3, -0.25) is 4.79 Å². The van der Waals surface area contributed by atoms with Gasteiger partial charge in [-0.2, -0.15) is 0 Å². The van der Waals surface area contributed by atoms with Crippen LogP contribution in [0, 0.1) is 5.82 Å². The highest BCUT2D eigenvalue weighted by Gasteiger charge is 2.23. The van der Waals surface area contributed by atoms with Crippen LogP contribution >= 0.6 is 0 Å². The number of piperazine rings is 1. The van der Waals surface area contributed by atoms with Gasteiger partial charge in [0.25, 0.3) is 0 Å². The van der Waals surface area contributed by atoms with Gasteiger partial charge in [0.15, 0.2) is 5.78 Å². The van der Waals surface area contributed by atoms with E-state index in [1.807, 2.05) is 36.1 Å². The number of urea groups is 1. The summed E-state index contributed by atoms with van der Waals surface area (Å²) in [7, 11) is 0. The van der Waals surface area contributed by atoms with E-state index in [4.69, 9.17) is 4.74 Å². The second kappa shape index (κ2) is 10.2. The van der Waals surface area contributed by atoms with Crippen LogP contribution in [0.3, 0.4) is 0 Å². The van der Waals surface area contributed by atoms with Gasteiger partial charge in [0.1, 0.15) is 5.82 Å². The second-order valence-corrected chi connectivity index (χ2v) is 7.26. The van der Waals surface area contributed by atoms with Crippen molar-refractivity contribution in [3.05, 3.63) is 65.0 Å². The third kappa shape index (κ3) is 5.36. The number of nitrogens with one attached hydrogen (secondary N) is 1. The van der Waals surface area contributed by atoms with E-state index >= 15 is 0 Å². The third-order valence-electron chi connectivity index (χ3n) is 5.27. The van der Waals surface area contributed by atoms with E-state index in [0.717, 1.165) is 11.1 Å². The van der Waals surface area contributed by atoms with E-state index in [0.29, 0.717) is 57.2 Å². The molecule has 0 bridgehead atoms. The number of carbonyl (C=O) groups excluding carboxylic acids is 2. The molecule has 30 heavy (non-hydrogen) atoms. The van der Waals surface area contributed by atoms with E-state index in [9.17, 15) is 14.0 Å². The van der Waals surface area contributed by atoms with Crippen molar-refractivity contribution >= 4 is 17.5 Å². The molecule has 160 valence electrons. The Morgan fingerprint density at radius 3 is 2.40 bits per heavy atom. The van der Waals surface area contributed by atoms with E-state index < -0.39 is 5.82 Å². The Morgan fingerprint density at radius 2 is 1.77 bits per heavy atom. The van der Waals surface area contributed by atoms with Crippen LogP contribution in [0.2, 0.25) is 0 Å². The molecule has 0 aliphatic carbocycles. The summed E-state index contributed by atoms with van der Waals surface area (Å²) in [6.45, 7) is 7.03. The van der Waals surface area contributed by atoms with Crippen molar-refractivity contribution < 1.29 is 18.7 Å². The van der Waals surface area contributed by atoms with Crippen LogP contribution in [0.25, 0.3) is 0 Å². The van der Waals surface area contributed by atoms with Crippen LogP contribution < -0.4 is 10.2 Å². The van der Waals surface area contributed by atoms with Crippen molar-refractivity contribution in [3.63, 3.8) is 0 Å². The molecule has 1 N–H and O–H groups in total. The van der Waals surface area contributed by atoms with Gasteiger partial charge >= 0.3 is 6.03 Å². The molecular formula is C23H28FN3O3. The summed E-state index contributed by atoms with van der Waals surface area (Å²) in [5.41, 5.74) is 2.92. The number of Topliss-reactive ketones (excluding diaryl/α,β-unsaturated/α-hetero) is 1. The Labute approximate surface area is 176 Å². The minimum Gasteiger partial charge on any atom is -0.377 e. The summed E-state index contributed by atoms with van der Waals surface area (Å²) < 4.78 is 19.9. The summed E-state index contributed by atoms with van der Waals surface area (Å²) >= 11 is 0. The smallest absolute Gasteiger partial charge is 0.317 e. The molecule has 0 radical (unpaired) electrons. The van der Waals surface area contributed by atoms with Crippen LogP contribution in [-0.4, -0.2) is 49.5 Å². The Hall–Kier alpha value is -2.93. The number of ether oxygens (including phenoxy) is 1. The van der Waals surface area contributed by atoms with E-state index in [1.165, 1.54) is 13.0 Å². The SMILES string of the molecule is CCOCc1ccccc1CNC(=O)N1CCN(c2ccc(C(C)=O)cc2F)CC1. The number of nitrogens with zero attached hydrogens (tertiary/aromatic N) is 2. The average molecular weight is 413 g/mol. The first-order valence-corrected chi connectivity index (χ1v) is 10.2. The molecule has 0 unspecified atom stereocenters. The maximum Gasteiger partial charge on any atom is 0.317 e. The predicted octanol–water partition coefficient (Wildman–Crippen LogP) is 3.60. The first kappa shape index (κ1) is 21.8. The molecule has 0 aromatic heterocycles. The maximum atomic E-state index is 14.4. The second-order valence-electron chi connectivity index (χ2n) is 7.26. The number of amides is 2. The van der Waals surface area contributed by atoms with Gasteiger partial charge in [0.05, 0.1) is 12.3 Å². The molecule has 2 aromatic rings. The van der Waals surface area contributed by atoms with Gasteiger partial charge in [-0.15, -0.1) is 0 Å². The summed E-state index contributed by atoms with van der Waals surface area (Å²) in [4.78, 5) is 27.6. The summed E-state index contributed by atoms with van der Waals surface area (Å²) in [6, 6.07) is 12.3. The maximum absolute atomic E-state index is 14.4. The van der Waals surface area contributed by atoms with Crippen LogP contribution in [-0.2, 0) is 17.9 Å². The van der Waals surface area contributed by atoms with E-state index in [1.54, 1.807) is 17.0 Å². The van der Waals surface area contributed by atoms with E-state index in [-0.39, 0.29) is 11.8 Å². The molecule has 2 amide bonds. The fraction of sp³-hybridized carbons (Fsp3) is 0.391. The van der Waals surface area contributed by atoms with Crippen molar-refractivity contribution in [2.75, 3.05) is 37.7 Å². The van der Waals surface area contributed by atoms with Gasteiger partial charge in [-0.1, -0.05) is 24.3 Å². The summed E-state index contributed by atoms with van der Waals surface area (Å²) in [5, 5.41) is 2.97. The zero-order valence-corrected chi connectivity index (χ0v) is 17.5. The Kier molecular flexibility index (Phi) is 7.41. The van der Waals surface area contributed by atoms with Gasteiger partial charge in [-0.05, 0) is 43.2 Å². The lowest BCUT2D eigenvalue weighted by molar-refractivity contribution is 0.101. The van der Waals surface area contributed by atoms with Crippen molar-refractivity contribution in [1.82, 2.24) is 10.2 Å². The number of rotatable bonds is 7. The van der Waals surface area contributed by atoms with Crippen molar-refractivity contribution in [3.8, 4) is 0 Å². The minimum atomic E-state index is -0.411. The van der Waals surface area contributed by atoms with Crippen molar-refractivity contribution in [2.45, 2.75) is 27.0 Å². The minimum absolute atomic E-state index is 0.131. The van der Waals surface area contributed by atoms with Gasteiger partial charge in [0.2, 0.25) is 0 Å². The Morgan fingerprint density at radius 1 is 1.07 bits per heavy atom. The number of hydrogen-bond donors (Lipinski definition) is 1. The van der Waals surface area contributed by atoms with Crippen molar-refractivity contribution in [1.29, 1.82) is 0 Å². The lowest BCUT2D eigenvalue weighted by atomic mass is 10.1. The predicted molar refractivity (Wildman–Crippen MR) is 114 cm³/mol. The van der Waals surface area contributed by atoms with Gasteiger partial charge < -0.3 is 19.9 Å². The molecule has 6 nitrogen and oxygen atoms in total. The molecule has 1 heterocycles. The molecule has 0 spiro atoms. The first-order valence-electron chi connectivity index (χ1n) is 10.2. The normalized spacial score (nSPS) is 14.0. The monoisotopic (exact) mass is 413 g/mol. The standard InChI is InChI=1S/C23H28FN3O3/c1-3-30-16-20-7-5-4-6-19(20)15-25-23(29)27-12-10-26(11-13-27)22-9-8-18(17(2)28)14-21(22)24/h4-9,14H,3,10-13,15-16H2,1-2H3,(H,25,29). The molecule has 2 aromatic carbocycles. The fourth-order valence-corrected chi connectivity index (χ4v) is 3.50. The highest BCUT2D eigenvalue weighted by molar-refractivity contribution is 5.94. The quantitative estimate of drug-likeness (QED) is 0.705. The molecule has 1 aliphatic rings. The zero-order valence-electron chi connectivity index (χ0n) is 17.5. The number of hydrogen-bond acceptors (Lipinski definition) is 4. The van der Waals surface area contributed by atoms with Crippen LogP contribution in [0.4, 0.5) is 14.9 Å². The molecule has 3 rings (SSSR count). The molecule has 7 heteroatoms. The first-order chi connectivity index (χ1) is 14.5. The Balaban J connectivity index is 1.53. The lowest BCUT2D eigenvalue weighted by Gasteiger charge is -2.36. The molecule has 1 fully saturated rings. The lowest BCUT2D eigenvalue weighted by Crippen LogP contribution is -2.52. The number of carbonyl (C=O) groups is 2. The largest absolute Gasteiger partial charge is 0.377 e. The number of benzene rings is 2. The van der Waals surface area contributed by atoms with Crippen LogP contribution in [0.5, 0.6) is 0 Å². The molecule has 1 saturated heterocycles. The number of ketones is 1. The number of anilines is 1. The Bertz CT molecular complexity index is 895. The number of halogens is 1. The van der Waals surface area contributed by atoms with Crippen LogP contribution in [0.1, 0.15) is 35.3 Å². The van der Waals surface area contributed by atoms with E-state index in [2.05, 4.69) is 5.32 Å². The molecule has 1 aliphatic heterocycles.